The Labute approximate surface area is 116 Å². The van der Waals surface area contributed by atoms with Gasteiger partial charge in [-0.3, -0.25) is 9.48 Å². The van der Waals surface area contributed by atoms with Crippen LogP contribution in [0.25, 0.3) is 11.5 Å². The van der Waals surface area contributed by atoms with Gasteiger partial charge in [0.05, 0.1) is 18.4 Å². The summed E-state index contributed by atoms with van der Waals surface area (Å²) in [7, 11) is 0. The minimum absolute atomic E-state index is 0.535. The summed E-state index contributed by atoms with van der Waals surface area (Å²) in [5, 5.41) is 4.44. The van der Waals surface area contributed by atoms with E-state index in [1.54, 1.807) is 29.3 Å². The highest BCUT2D eigenvalue weighted by molar-refractivity contribution is 5.83. The number of aldehydes is 1. The number of rotatable bonds is 4. The quantitative estimate of drug-likeness (QED) is 0.681. The molecular formula is C16H14N2O2. The molecule has 0 aliphatic heterocycles. The van der Waals surface area contributed by atoms with Crippen LogP contribution in [-0.4, -0.2) is 16.1 Å². The first-order valence-electron chi connectivity index (χ1n) is 6.38. The number of nitrogens with zero attached hydrogens (tertiary/aromatic N) is 2. The van der Waals surface area contributed by atoms with Gasteiger partial charge in [0, 0.05) is 6.20 Å². The molecule has 0 spiro atoms. The summed E-state index contributed by atoms with van der Waals surface area (Å²) < 4.78 is 7.07. The molecule has 0 aliphatic carbocycles. The van der Waals surface area contributed by atoms with E-state index in [1.165, 1.54) is 5.56 Å². The van der Waals surface area contributed by atoms with Crippen LogP contribution in [0.5, 0.6) is 0 Å². The largest absolute Gasteiger partial charge is 0.463 e. The highest BCUT2D eigenvalue weighted by Crippen LogP contribution is 2.21. The summed E-state index contributed by atoms with van der Waals surface area (Å²) in [5.41, 5.74) is 3.47. The first-order valence-corrected chi connectivity index (χ1v) is 6.38. The van der Waals surface area contributed by atoms with Crippen LogP contribution in [0.2, 0.25) is 0 Å². The van der Waals surface area contributed by atoms with Gasteiger partial charge in [-0.2, -0.15) is 5.10 Å². The van der Waals surface area contributed by atoms with E-state index in [-0.39, 0.29) is 0 Å². The highest BCUT2D eigenvalue weighted by Gasteiger charge is 2.13. The Balaban J connectivity index is 1.93. The molecule has 0 saturated heterocycles. The number of aromatic nitrogens is 2. The van der Waals surface area contributed by atoms with Crippen LogP contribution in [0.4, 0.5) is 0 Å². The maximum absolute atomic E-state index is 11.1. The third kappa shape index (κ3) is 2.40. The van der Waals surface area contributed by atoms with Gasteiger partial charge in [0.25, 0.3) is 0 Å². The topological polar surface area (TPSA) is 48.0 Å². The van der Waals surface area contributed by atoms with Gasteiger partial charge in [0.1, 0.15) is 5.69 Å². The summed E-state index contributed by atoms with van der Waals surface area (Å²) in [5.74, 6) is 0.607. The van der Waals surface area contributed by atoms with Crippen LogP contribution in [0.15, 0.2) is 53.3 Å². The number of carbonyl (C=O) groups is 1. The maximum atomic E-state index is 11.1. The summed E-state index contributed by atoms with van der Waals surface area (Å²) in [6.45, 7) is 2.68. The van der Waals surface area contributed by atoms with E-state index in [2.05, 4.69) is 24.2 Å². The normalized spacial score (nSPS) is 10.7. The van der Waals surface area contributed by atoms with Crippen molar-refractivity contribution in [1.29, 1.82) is 0 Å². The van der Waals surface area contributed by atoms with Crippen molar-refractivity contribution in [3.8, 4) is 11.5 Å². The first kappa shape index (κ1) is 12.4. The third-order valence-corrected chi connectivity index (χ3v) is 3.10. The van der Waals surface area contributed by atoms with E-state index in [0.29, 0.717) is 23.6 Å². The smallest absolute Gasteiger partial charge is 0.154 e. The number of aryl methyl sites for hydroxylation is 1. The molecule has 1 aromatic carbocycles. The number of hydrogen-bond donors (Lipinski definition) is 0. The Morgan fingerprint density at radius 3 is 2.90 bits per heavy atom. The Bertz CT molecular complexity index is 727. The fourth-order valence-corrected chi connectivity index (χ4v) is 2.21. The molecule has 4 heteroatoms. The van der Waals surface area contributed by atoms with Gasteiger partial charge < -0.3 is 4.42 Å². The first-order chi connectivity index (χ1) is 9.76. The zero-order valence-electron chi connectivity index (χ0n) is 11.1. The molecule has 0 bridgehead atoms. The second kappa shape index (κ2) is 5.17. The van der Waals surface area contributed by atoms with Gasteiger partial charge in [-0.25, -0.2) is 0 Å². The standard InChI is InChI=1S/C16H14N2O2/c1-12-4-2-5-13(8-12)9-18-10-14(11-19)16(17-18)15-6-3-7-20-15/h2-8,10-11H,9H2,1H3. The van der Waals surface area contributed by atoms with Crippen LogP contribution < -0.4 is 0 Å². The highest BCUT2D eigenvalue weighted by atomic mass is 16.3. The summed E-state index contributed by atoms with van der Waals surface area (Å²) >= 11 is 0. The minimum Gasteiger partial charge on any atom is -0.463 e. The summed E-state index contributed by atoms with van der Waals surface area (Å²) in [4.78, 5) is 11.1. The molecule has 0 saturated carbocycles. The van der Waals surface area contributed by atoms with Gasteiger partial charge in [-0.1, -0.05) is 29.8 Å². The van der Waals surface area contributed by atoms with E-state index < -0.39 is 0 Å². The van der Waals surface area contributed by atoms with E-state index in [4.69, 9.17) is 4.42 Å². The number of benzene rings is 1. The van der Waals surface area contributed by atoms with Gasteiger partial charge in [-0.05, 0) is 24.6 Å². The van der Waals surface area contributed by atoms with Gasteiger partial charge >= 0.3 is 0 Å². The van der Waals surface area contributed by atoms with Crippen molar-refractivity contribution in [2.75, 3.05) is 0 Å². The molecule has 20 heavy (non-hydrogen) atoms. The third-order valence-electron chi connectivity index (χ3n) is 3.10. The molecule has 0 fully saturated rings. The molecule has 0 radical (unpaired) electrons. The van der Waals surface area contributed by atoms with E-state index in [1.807, 2.05) is 12.1 Å². The van der Waals surface area contributed by atoms with Crippen molar-refractivity contribution in [1.82, 2.24) is 9.78 Å². The SMILES string of the molecule is Cc1cccc(Cn2cc(C=O)c(-c3ccco3)n2)c1. The Morgan fingerprint density at radius 1 is 1.30 bits per heavy atom. The Kier molecular flexibility index (Phi) is 3.21. The van der Waals surface area contributed by atoms with Crippen molar-refractivity contribution >= 4 is 6.29 Å². The molecular weight excluding hydrogens is 252 g/mol. The van der Waals surface area contributed by atoms with Crippen LogP contribution in [0.1, 0.15) is 21.5 Å². The lowest BCUT2D eigenvalue weighted by Crippen LogP contribution is -2.00. The number of furan rings is 1. The molecule has 4 nitrogen and oxygen atoms in total. The van der Waals surface area contributed by atoms with Crippen molar-refractivity contribution in [2.24, 2.45) is 0 Å². The van der Waals surface area contributed by atoms with Gasteiger partial charge in [0.2, 0.25) is 0 Å². The lowest BCUT2D eigenvalue weighted by molar-refractivity contribution is 0.112. The molecule has 0 atom stereocenters. The van der Waals surface area contributed by atoms with Crippen molar-refractivity contribution in [3.05, 3.63) is 65.5 Å². The number of hydrogen-bond acceptors (Lipinski definition) is 3. The van der Waals surface area contributed by atoms with Crippen molar-refractivity contribution in [3.63, 3.8) is 0 Å². The maximum Gasteiger partial charge on any atom is 0.154 e. The fraction of sp³-hybridized carbons (Fsp3) is 0.125. The zero-order chi connectivity index (χ0) is 13.9. The summed E-state index contributed by atoms with van der Waals surface area (Å²) in [6, 6.07) is 11.8. The average Bonchev–Trinajstić information content (AvgIpc) is 3.06. The van der Waals surface area contributed by atoms with Crippen molar-refractivity contribution in [2.45, 2.75) is 13.5 Å². The van der Waals surface area contributed by atoms with E-state index in [0.717, 1.165) is 11.8 Å². The predicted octanol–water partition coefficient (Wildman–Crippen LogP) is 3.31. The van der Waals surface area contributed by atoms with Gasteiger partial charge in [-0.15, -0.1) is 0 Å². The predicted molar refractivity (Wildman–Crippen MR) is 75.6 cm³/mol. The van der Waals surface area contributed by atoms with Crippen LogP contribution in [0.3, 0.4) is 0 Å². The molecule has 100 valence electrons. The molecule has 0 unspecified atom stereocenters. The molecule has 0 N–H and O–H groups in total. The van der Waals surface area contributed by atoms with Crippen molar-refractivity contribution < 1.29 is 9.21 Å². The van der Waals surface area contributed by atoms with E-state index in [9.17, 15) is 4.79 Å². The zero-order valence-corrected chi connectivity index (χ0v) is 11.1. The monoisotopic (exact) mass is 266 g/mol. The average molecular weight is 266 g/mol. The number of carbonyl (C=O) groups excluding carboxylic acids is 1. The molecule has 3 aromatic rings. The molecule has 2 aromatic heterocycles. The van der Waals surface area contributed by atoms with Crippen LogP contribution >= 0.6 is 0 Å². The molecule has 0 amide bonds. The Hall–Kier alpha value is -2.62. The molecule has 2 heterocycles. The fourth-order valence-electron chi connectivity index (χ4n) is 2.21. The second-order valence-electron chi connectivity index (χ2n) is 4.71. The van der Waals surface area contributed by atoms with Gasteiger partial charge in [0.15, 0.2) is 12.0 Å². The lowest BCUT2D eigenvalue weighted by Gasteiger charge is -2.02. The van der Waals surface area contributed by atoms with Crippen LogP contribution in [-0.2, 0) is 6.54 Å². The lowest BCUT2D eigenvalue weighted by atomic mass is 10.1. The second-order valence-corrected chi connectivity index (χ2v) is 4.71. The minimum atomic E-state index is 0.535. The van der Waals surface area contributed by atoms with E-state index >= 15 is 0 Å². The summed E-state index contributed by atoms with van der Waals surface area (Å²) in [6.07, 6.45) is 4.12. The molecule has 0 aliphatic rings. The van der Waals surface area contributed by atoms with Crippen LogP contribution in [0, 0.1) is 6.92 Å². The Morgan fingerprint density at radius 2 is 2.20 bits per heavy atom. The molecule has 3 rings (SSSR count).